The highest BCUT2D eigenvalue weighted by atomic mass is 15.2. The van der Waals surface area contributed by atoms with Gasteiger partial charge < -0.3 is 10.2 Å². The minimum atomic E-state index is 0.379. The van der Waals surface area contributed by atoms with Crippen molar-refractivity contribution in [2.75, 3.05) is 26.7 Å². The fraction of sp³-hybridized carbons (Fsp3) is 1.00. The van der Waals surface area contributed by atoms with E-state index in [-0.39, 0.29) is 0 Å². The first-order chi connectivity index (χ1) is 8.00. The van der Waals surface area contributed by atoms with Gasteiger partial charge in [0.2, 0.25) is 0 Å². The summed E-state index contributed by atoms with van der Waals surface area (Å²) in [7, 11) is 2.11. The summed E-state index contributed by atoms with van der Waals surface area (Å²) in [5.41, 5.74) is 0.379. The van der Waals surface area contributed by atoms with Gasteiger partial charge >= 0.3 is 0 Å². The first-order valence-corrected chi connectivity index (χ1v) is 7.40. The topological polar surface area (TPSA) is 15.3 Å². The van der Waals surface area contributed by atoms with Gasteiger partial charge in [-0.3, -0.25) is 0 Å². The number of hydrogen-bond acceptors (Lipinski definition) is 2. The van der Waals surface area contributed by atoms with E-state index in [0.717, 1.165) is 11.8 Å². The predicted molar refractivity (Wildman–Crippen MR) is 74.2 cm³/mol. The average molecular weight is 238 g/mol. The van der Waals surface area contributed by atoms with Crippen molar-refractivity contribution in [2.24, 2.45) is 17.3 Å². The SMILES string of the molecule is CNC(CCN1CC2CCCC2C1)C(C)(C)C. The van der Waals surface area contributed by atoms with Gasteiger partial charge in [0.1, 0.15) is 0 Å². The third-order valence-electron chi connectivity index (χ3n) is 4.93. The molecule has 0 aromatic heterocycles. The largest absolute Gasteiger partial charge is 0.316 e. The van der Waals surface area contributed by atoms with Crippen LogP contribution in [0.1, 0.15) is 46.5 Å². The standard InChI is InChI=1S/C15H30N2/c1-15(2,3)14(16-4)8-9-17-10-12-6-5-7-13(12)11-17/h12-14,16H,5-11H2,1-4H3. The zero-order valence-corrected chi connectivity index (χ0v) is 12.1. The molecular formula is C15H30N2. The van der Waals surface area contributed by atoms with E-state index in [0.29, 0.717) is 11.5 Å². The molecule has 3 unspecified atom stereocenters. The molecule has 1 aliphatic carbocycles. The van der Waals surface area contributed by atoms with Crippen molar-refractivity contribution in [1.29, 1.82) is 0 Å². The Kier molecular flexibility index (Phi) is 4.14. The third-order valence-corrected chi connectivity index (χ3v) is 4.93. The highest BCUT2D eigenvalue weighted by Gasteiger charge is 2.36. The van der Waals surface area contributed by atoms with E-state index >= 15 is 0 Å². The van der Waals surface area contributed by atoms with Crippen molar-refractivity contribution < 1.29 is 0 Å². The van der Waals surface area contributed by atoms with E-state index in [4.69, 9.17) is 0 Å². The lowest BCUT2D eigenvalue weighted by Crippen LogP contribution is -2.40. The van der Waals surface area contributed by atoms with Crippen LogP contribution in [0, 0.1) is 17.3 Å². The van der Waals surface area contributed by atoms with Crippen LogP contribution in [0.3, 0.4) is 0 Å². The van der Waals surface area contributed by atoms with Crippen molar-refractivity contribution in [1.82, 2.24) is 10.2 Å². The molecule has 2 nitrogen and oxygen atoms in total. The fourth-order valence-corrected chi connectivity index (χ4v) is 3.84. The Morgan fingerprint density at radius 3 is 2.24 bits per heavy atom. The van der Waals surface area contributed by atoms with Crippen molar-refractivity contribution in [3.63, 3.8) is 0 Å². The Morgan fingerprint density at radius 2 is 1.76 bits per heavy atom. The average Bonchev–Trinajstić information content (AvgIpc) is 2.76. The van der Waals surface area contributed by atoms with Gasteiger partial charge in [0.05, 0.1) is 0 Å². The van der Waals surface area contributed by atoms with E-state index < -0.39 is 0 Å². The van der Waals surface area contributed by atoms with Gasteiger partial charge in [-0.2, -0.15) is 0 Å². The van der Waals surface area contributed by atoms with E-state index in [1.54, 1.807) is 0 Å². The summed E-state index contributed by atoms with van der Waals surface area (Å²) in [6.45, 7) is 11.1. The van der Waals surface area contributed by atoms with Crippen LogP contribution < -0.4 is 5.32 Å². The second-order valence-electron chi connectivity index (χ2n) is 7.21. The Hall–Kier alpha value is -0.0800. The molecule has 1 N–H and O–H groups in total. The number of rotatable bonds is 4. The molecule has 1 aliphatic heterocycles. The van der Waals surface area contributed by atoms with Gasteiger partial charge in [-0.05, 0) is 50.1 Å². The van der Waals surface area contributed by atoms with Crippen LogP contribution in [0.15, 0.2) is 0 Å². The summed E-state index contributed by atoms with van der Waals surface area (Å²) in [5.74, 6) is 2.08. The van der Waals surface area contributed by atoms with Crippen LogP contribution in [-0.2, 0) is 0 Å². The number of fused-ring (bicyclic) bond motifs is 1. The van der Waals surface area contributed by atoms with Crippen molar-refractivity contribution in [2.45, 2.75) is 52.5 Å². The highest BCUT2D eigenvalue weighted by Crippen LogP contribution is 2.37. The molecule has 100 valence electrons. The van der Waals surface area contributed by atoms with E-state index in [1.165, 1.54) is 45.3 Å². The molecule has 17 heavy (non-hydrogen) atoms. The van der Waals surface area contributed by atoms with Crippen molar-refractivity contribution in [3.8, 4) is 0 Å². The first-order valence-electron chi connectivity index (χ1n) is 7.40. The molecule has 2 rings (SSSR count). The molecule has 2 fully saturated rings. The molecule has 3 atom stereocenters. The minimum Gasteiger partial charge on any atom is -0.316 e. The lowest BCUT2D eigenvalue weighted by molar-refractivity contribution is 0.223. The Morgan fingerprint density at radius 1 is 1.18 bits per heavy atom. The molecule has 1 saturated heterocycles. The molecular weight excluding hydrogens is 208 g/mol. The zero-order chi connectivity index (χ0) is 12.5. The molecule has 0 aromatic carbocycles. The molecule has 1 saturated carbocycles. The van der Waals surface area contributed by atoms with Crippen LogP contribution in [-0.4, -0.2) is 37.6 Å². The van der Waals surface area contributed by atoms with E-state index in [9.17, 15) is 0 Å². The molecule has 2 aliphatic rings. The van der Waals surface area contributed by atoms with E-state index in [2.05, 4.69) is 38.0 Å². The number of nitrogens with one attached hydrogen (secondary N) is 1. The van der Waals surface area contributed by atoms with Gasteiger partial charge in [0, 0.05) is 19.1 Å². The molecule has 0 bridgehead atoms. The van der Waals surface area contributed by atoms with Gasteiger partial charge in [-0.15, -0.1) is 0 Å². The van der Waals surface area contributed by atoms with Gasteiger partial charge in [-0.25, -0.2) is 0 Å². The maximum absolute atomic E-state index is 3.49. The highest BCUT2D eigenvalue weighted by molar-refractivity contribution is 4.89. The maximum atomic E-state index is 3.49. The molecule has 0 aromatic rings. The maximum Gasteiger partial charge on any atom is 0.0125 e. The number of hydrogen-bond donors (Lipinski definition) is 1. The van der Waals surface area contributed by atoms with Crippen LogP contribution in [0.25, 0.3) is 0 Å². The number of likely N-dealkylation sites (tertiary alicyclic amines) is 1. The van der Waals surface area contributed by atoms with Gasteiger partial charge in [0.15, 0.2) is 0 Å². The molecule has 1 heterocycles. The fourth-order valence-electron chi connectivity index (χ4n) is 3.84. The van der Waals surface area contributed by atoms with Crippen molar-refractivity contribution >= 4 is 0 Å². The first kappa shape index (κ1) is 13.4. The quantitative estimate of drug-likeness (QED) is 0.810. The molecule has 0 amide bonds. The predicted octanol–water partition coefficient (Wildman–Crippen LogP) is 2.74. The number of nitrogens with zero attached hydrogens (tertiary/aromatic N) is 1. The summed E-state index contributed by atoms with van der Waals surface area (Å²) in [5, 5.41) is 3.49. The summed E-state index contributed by atoms with van der Waals surface area (Å²) in [4.78, 5) is 2.71. The lowest BCUT2D eigenvalue weighted by atomic mass is 9.85. The normalized spacial score (nSPS) is 31.8. The monoisotopic (exact) mass is 238 g/mol. The Balaban J connectivity index is 1.75. The van der Waals surface area contributed by atoms with Crippen LogP contribution in [0.4, 0.5) is 0 Å². The second kappa shape index (κ2) is 5.27. The third kappa shape index (κ3) is 3.23. The Bertz CT molecular complexity index is 232. The van der Waals surface area contributed by atoms with Crippen LogP contribution in [0.5, 0.6) is 0 Å². The molecule has 2 heteroatoms. The molecule has 0 radical (unpaired) electrons. The zero-order valence-electron chi connectivity index (χ0n) is 12.1. The van der Waals surface area contributed by atoms with Gasteiger partial charge in [-0.1, -0.05) is 27.2 Å². The molecule has 0 spiro atoms. The van der Waals surface area contributed by atoms with Crippen LogP contribution >= 0.6 is 0 Å². The Labute approximate surface area is 107 Å². The van der Waals surface area contributed by atoms with E-state index in [1.807, 2.05) is 0 Å². The summed E-state index contributed by atoms with van der Waals surface area (Å²) in [6, 6.07) is 0.642. The van der Waals surface area contributed by atoms with Gasteiger partial charge in [0.25, 0.3) is 0 Å². The lowest BCUT2D eigenvalue weighted by Gasteiger charge is -2.32. The second-order valence-corrected chi connectivity index (χ2v) is 7.21. The summed E-state index contributed by atoms with van der Waals surface area (Å²) in [6.07, 6.45) is 5.77. The smallest absolute Gasteiger partial charge is 0.0125 e. The summed E-state index contributed by atoms with van der Waals surface area (Å²) < 4.78 is 0. The van der Waals surface area contributed by atoms with Crippen molar-refractivity contribution in [3.05, 3.63) is 0 Å². The minimum absolute atomic E-state index is 0.379. The summed E-state index contributed by atoms with van der Waals surface area (Å²) >= 11 is 0. The van der Waals surface area contributed by atoms with Crippen LogP contribution in [0.2, 0.25) is 0 Å².